The minimum atomic E-state index is -0.112. The third-order valence-corrected chi connectivity index (χ3v) is 3.79. The normalized spacial score (nSPS) is 14.8. The highest BCUT2D eigenvalue weighted by molar-refractivity contribution is 5.90. The van der Waals surface area contributed by atoms with E-state index in [1.165, 1.54) is 29.5 Å². The number of nitrogens with zero attached hydrogens (tertiary/aromatic N) is 4. The molecule has 1 saturated carbocycles. The quantitative estimate of drug-likeness (QED) is 0.917. The summed E-state index contributed by atoms with van der Waals surface area (Å²) in [6.45, 7) is 0. The van der Waals surface area contributed by atoms with Gasteiger partial charge in [0, 0.05) is 7.05 Å². The summed E-state index contributed by atoms with van der Waals surface area (Å²) in [4.78, 5) is 11.9. The maximum Gasteiger partial charge on any atom is 0.249 e. The zero-order valence-corrected chi connectivity index (χ0v) is 11.4. The third-order valence-electron chi connectivity index (χ3n) is 3.79. The average Bonchev–Trinajstić information content (AvgIpc) is 2.75. The lowest BCUT2D eigenvalue weighted by molar-refractivity contribution is -0.115. The Morgan fingerprint density at radius 2 is 2.10 bits per heavy atom. The average molecular weight is 271 g/mol. The Balaban J connectivity index is 1.59. The van der Waals surface area contributed by atoms with Gasteiger partial charge in [-0.3, -0.25) is 10.1 Å². The minimum Gasteiger partial charge on any atom is -0.293 e. The predicted molar refractivity (Wildman–Crippen MR) is 74.2 cm³/mol. The third kappa shape index (κ3) is 2.68. The lowest BCUT2D eigenvalue weighted by Gasteiger charge is -2.25. The number of carbonyl (C=O) groups is 1. The number of carbonyl (C=O) groups excluding carboxylic acids is 1. The van der Waals surface area contributed by atoms with Gasteiger partial charge in [-0.05, 0) is 40.3 Å². The molecule has 1 N–H and O–H groups in total. The molecule has 3 rings (SSSR count). The van der Waals surface area contributed by atoms with Crippen LogP contribution in [-0.2, 0) is 18.3 Å². The summed E-state index contributed by atoms with van der Waals surface area (Å²) < 4.78 is 1.43. The second-order valence-electron chi connectivity index (χ2n) is 5.22. The molecule has 0 bridgehead atoms. The summed E-state index contributed by atoms with van der Waals surface area (Å²) >= 11 is 0. The summed E-state index contributed by atoms with van der Waals surface area (Å²) in [7, 11) is 1.68. The summed E-state index contributed by atoms with van der Waals surface area (Å²) in [6.07, 6.45) is 4.25. The van der Waals surface area contributed by atoms with Gasteiger partial charge in [-0.15, -0.1) is 0 Å². The summed E-state index contributed by atoms with van der Waals surface area (Å²) in [5.41, 5.74) is 2.39. The van der Waals surface area contributed by atoms with E-state index in [4.69, 9.17) is 0 Å². The zero-order chi connectivity index (χ0) is 13.9. The van der Waals surface area contributed by atoms with Crippen LogP contribution >= 0.6 is 0 Å². The SMILES string of the molecule is Cn1nnnc1NC(=O)Cc1ccc(C2CCC2)cc1. The van der Waals surface area contributed by atoms with Crippen LogP contribution in [-0.4, -0.2) is 26.1 Å². The molecular formula is C14H17N5O. The number of benzene rings is 1. The van der Waals surface area contributed by atoms with Gasteiger partial charge >= 0.3 is 0 Å². The van der Waals surface area contributed by atoms with E-state index in [9.17, 15) is 4.79 Å². The number of hydrogen-bond donors (Lipinski definition) is 1. The van der Waals surface area contributed by atoms with Crippen molar-refractivity contribution in [1.82, 2.24) is 20.2 Å². The van der Waals surface area contributed by atoms with Gasteiger partial charge in [0.15, 0.2) is 0 Å². The number of aryl methyl sites for hydroxylation is 1. The van der Waals surface area contributed by atoms with Gasteiger partial charge in [0.05, 0.1) is 6.42 Å². The summed E-state index contributed by atoms with van der Waals surface area (Å²) in [6, 6.07) is 8.33. The predicted octanol–water partition coefficient (Wildman–Crippen LogP) is 1.66. The van der Waals surface area contributed by atoms with Gasteiger partial charge in [0.1, 0.15) is 0 Å². The Kier molecular flexibility index (Phi) is 3.45. The summed E-state index contributed by atoms with van der Waals surface area (Å²) in [5, 5.41) is 13.6. The molecule has 20 heavy (non-hydrogen) atoms. The van der Waals surface area contributed by atoms with E-state index in [1.807, 2.05) is 12.1 Å². The highest BCUT2D eigenvalue weighted by atomic mass is 16.1. The van der Waals surface area contributed by atoms with E-state index in [0.29, 0.717) is 12.4 Å². The Bertz CT molecular complexity index is 600. The first kappa shape index (κ1) is 12.8. The Morgan fingerprint density at radius 3 is 2.65 bits per heavy atom. The van der Waals surface area contributed by atoms with Crippen LogP contribution in [0.5, 0.6) is 0 Å². The number of aromatic nitrogens is 4. The van der Waals surface area contributed by atoms with E-state index in [2.05, 4.69) is 33.0 Å². The first-order valence-electron chi connectivity index (χ1n) is 6.83. The molecule has 1 aromatic carbocycles. The second kappa shape index (κ2) is 5.40. The minimum absolute atomic E-state index is 0.112. The van der Waals surface area contributed by atoms with Crippen LogP contribution in [0, 0.1) is 0 Å². The topological polar surface area (TPSA) is 72.7 Å². The molecule has 1 heterocycles. The highest BCUT2D eigenvalue weighted by Gasteiger charge is 2.19. The van der Waals surface area contributed by atoms with Gasteiger partial charge in [0.2, 0.25) is 11.9 Å². The molecule has 6 heteroatoms. The maximum atomic E-state index is 11.9. The number of tetrazole rings is 1. The fourth-order valence-electron chi connectivity index (χ4n) is 2.34. The van der Waals surface area contributed by atoms with Crippen molar-refractivity contribution >= 4 is 11.9 Å². The van der Waals surface area contributed by atoms with Crippen molar-refractivity contribution in [3.05, 3.63) is 35.4 Å². The van der Waals surface area contributed by atoms with Gasteiger partial charge < -0.3 is 0 Å². The molecule has 0 atom stereocenters. The number of anilines is 1. The number of rotatable bonds is 4. The van der Waals surface area contributed by atoms with Gasteiger partial charge in [-0.1, -0.05) is 35.8 Å². The molecule has 0 unspecified atom stereocenters. The molecule has 1 amide bonds. The van der Waals surface area contributed by atoms with Crippen LogP contribution in [0.15, 0.2) is 24.3 Å². The molecule has 0 spiro atoms. The fraction of sp³-hybridized carbons (Fsp3) is 0.429. The Morgan fingerprint density at radius 1 is 1.35 bits per heavy atom. The van der Waals surface area contributed by atoms with Crippen LogP contribution in [0.4, 0.5) is 5.95 Å². The monoisotopic (exact) mass is 271 g/mol. The number of nitrogens with one attached hydrogen (secondary N) is 1. The van der Waals surface area contributed by atoms with E-state index >= 15 is 0 Å². The van der Waals surface area contributed by atoms with Crippen molar-refractivity contribution in [3.8, 4) is 0 Å². The Hall–Kier alpha value is -2.24. The number of amides is 1. The van der Waals surface area contributed by atoms with Crippen LogP contribution in [0.2, 0.25) is 0 Å². The Labute approximate surface area is 117 Å². The van der Waals surface area contributed by atoms with Crippen LogP contribution in [0.3, 0.4) is 0 Å². The molecule has 0 aliphatic heterocycles. The molecule has 1 aromatic heterocycles. The maximum absolute atomic E-state index is 11.9. The van der Waals surface area contributed by atoms with Crippen molar-refractivity contribution < 1.29 is 4.79 Å². The van der Waals surface area contributed by atoms with Gasteiger partial charge in [-0.2, -0.15) is 0 Å². The molecule has 1 fully saturated rings. The van der Waals surface area contributed by atoms with Crippen LogP contribution < -0.4 is 5.32 Å². The van der Waals surface area contributed by atoms with Crippen molar-refractivity contribution in [3.63, 3.8) is 0 Å². The molecule has 2 aromatic rings. The largest absolute Gasteiger partial charge is 0.293 e. The van der Waals surface area contributed by atoms with E-state index in [-0.39, 0.29) is 5.91 Å². The highest BCUT2D eigenvalue weighted by Crippen LogP contribution is 2.36. The van der Waals surface area contributed by atoms with E-state index in [1.54, 1.807) is 7.05 Å². The first-order valence-corrected chi connectivity index (χ1v) is 6.83. The van der Waals surface area contributed by atoms with Crippen molar-refractivity contribution in [2.45, 2.75) is 31.6 Å². The van der Waals surface area contributed by atoms with E-state index in [0.717, 1.165) is 11.5 Å². The molecule has 0 saturated heterocycles. The molecule has 6 nitrogen and oxygen atoms in total. The van der Waals surface area contributed by atoms with Crippen LogP contribution in [0.1, 0.15) is 36.3 Å². The molecule has 104 valence electrons. The van der Waals surface area contributed by atoms with Crippen molar-refractivity contribution in [1.29, 1.82) is 0 Å². The zero-order valence-electron chi connectivity index (χ0n) is 11.4. The fourth-order valence-corrected chi connectivity index (χ4v) is 2.34. The smallest absolute Gasteiger partial charge is 0.249 e. The van der Waals surface area contributed by atoms with Gasteiger partial charge in [0.25, 0.3) is 0 Å². The van der Waals surface area contributed by atoms with Crippen LogP contribution in [0.25, 0.3) is 0 Å². The second-order valence-corrected chi connectivity index (χ2v) is 5.22. The van der Waals surface area contributed by atoms with E-state index < -0.39 is 0 Å². The van der Waals surface area contributed by atoms with Crippen molar-refractivity contribution in [2.24, 2.45) is 7.05 Å². The van der Waals surface area contributed by atoms with Gasteiger partial charge in [-0.25, -0.2) is 4.68 Å². The lowest BCUT2D eigenvalue weighted by Crippen LogP contribution is -2.17. The molecule has 0 radical (unpaired) electrons. The molecular weight excluding hydrogens is 254 g/mol. The first-order chi connectivity index (χ1) is 9.72. The molecule has 1 aliphatic carbocycles. The van der Waals surface area contributed by atoms with Crippen molar-refractivity contribution in [2.75, 3.05) is 5.32 Å². The lowest BCUT2D eigenvalue weighted by atomic mass is 9.80. The number of hydrogen-bond acceptors (Lipinski definition) is 4. The molecule has 1 aliphatic rings. The standard InChI is InChI=1S/C14H17N5O/c1-19-14(16-17-18-19)15-13(20)9-10-5-7-12(8-6-10)11-3-2-4-11/h5-8,11H,2-4,9H2,1H3,(H,15,16,18,20). The summed E-state index contributed by atoms with van der Waals surface area (Å²) in [5.74, 6) is 0.975.